The lowest BCUT2D eigenvalue weighted by Crippen LogP contribution is -1.99. The molecule has 1 aromatic heterocycles. The Morgan fingerprint density at radius 2 is 1.56 bits per heavy atom. The number of methoxy groups -OCH3 is 1. The van der Waals surface area contributed by atoms with Gasteiger partial charge in [0.15, 0.2) is 0 Å². The van der Waals surface area contributed by atoms with E-state index >= 15 is 0 Å². The van der Waals surface area contributed by atoms with Gasteiger partial charge in [0.2, 0.25) is 0 Å². The van der Waals surface area contributed by atoms with Crippen molar-refractivity contribution in [2.45, 2.75) is 6.92 Å². The average Bonchev–Trinajstić information content (AvgIpc) is 3.28. The third-order valence-corrected chi connectivity index (χ3v) is 4.85. The Balaban J connectivity index is 1.43. The van der Waals surface area contributed by atoms with Crippen molar-refractivity contribution >= 4 is 17.9 Å². The molecule has 4 rings (SSSR count). The highest BCUT2D eigenvalue weighted by molar-refractivity contribution is 5.91. The molecule has 6 nitrogen and oxygen atoms in total. The lowest BCUT2D eigenvalue weighted by Gasteiger charge is -2.06. The number of aromatic carboxylic acids is 1. The van der Waals surface area contributed by atoms with Gasteiger partial charge in [-0.3, -0.25) is 4.99 Å². The van der Waals surface area contributed by atoms with Gasteiger partial charge in [-0.05, 0) is 79.2 Å². The first-order valence-electron chi connectivity index (χ1n) is 9.92. The molecule has 0 saturated heterocycles. The number of aliphatic imine (C=N–C) groups is 1. The summed E-state index contributed by atoms with van der Waals surface area (Å²) in [5.41, 5.74) is 2.40. The lowest BCUT2D eigenvalue weighted by molar-refractivity contribution is 0.0696. The van der Waals surface area contributed by atoms with Crippen molar-refractivity contribution < 1.29 is 23.8 Å². The molecule has 0 amide bonds. The molecule has 1 heterocycles. The highest BCUT2D eigenvalue weighted by atomic mass is 16.5. The number of aryl methyl sites for hydroxylation is 1. The van der Waals surface area contributed by atoms with E-state index in [4.69, 9.17) is 13.9 Å². The van der Waals surface area contributed by atoms with Crippen LogP contribution in [0.25, 0.3) is 11.3 Å². The molecule has 3 aromatic carbocycles. The van der Waals surface area contributed by atoms with Crippen molar-refractivity contribution in [1.29, 1.82) is 0 Å². The molecule has 0 aliphatic heterocycles. The minimum Gasteiger partial charge on any atom is -0.497 e. The van der Waals surface area contributed by atoms with Gasteiger partial charge in [0.05, 0.1) is 24.6 Å². The zero-order valence-corrected chi connectivity index (χ0v) is 17.6. The van der Waals surface area contributed by atoms with Gasteiger partial charge in [-0.2, -0.15) is 0 Å². The van der Waals surface area contributed by atoms with Crippen LogP contribution < -0.4 is 9.47 Å². The number of carboxylic acid groups (broad SMARTS) is 1. The van der Waals surface area contributed by atoms with Crippen molar-refractivity contribution in [3.05, 3.63) is 95.7 Å². The number of rotatable bonds is 7. The molecule has 4 aromatic rings. The molecule has 0 fully saturated rings. The fourth-order valence-electron chi connectivity index (χ4n) is 3.10. The van der Waals surface area contributed by atoms with Crippen molar-refractivity contribution in [1.82, 2.24) is 0 Å². The quantitative estimate of drug-likeness (QED) is 0.340. The van der Waals surface area contributed by atoms with E-state index in [2.05, 4.69) is 4.99 Å². The lowest BCUT2D eigenvalue weighted by atomic mass is 10.0. The van der Waals surface area contributed by atoms with Crippen LogP contribution >= 0.6 is 0 Å². The molecular formula is C26H21NO5. The summed E-state index contributed by atoms with van der Waals surface area (Å²) in [5, 5.41) is 9.31. The summed E-state index contributed by atoms with van der Waals surface area (Å²) in [5.74, 6) is 2.37. The van der Waals surface area contributed by atoms with Gasteiger partial charge in [0.25, 0.3) is 0 Å². The standard InChI is InChI=1S/C26H21NO5/c1-17-3-4-18(15-24(17)26(28)29)25-14-13-23(32-25)16-27-19-5-7-21(8-6-19)31-22-11-9-20(30-2)10-12-22/h3-16H,1-2H3,(H,28,29). The third kappa shape index (κ3) is 4.87. The van der Waals surface area contributed by atoms with Gasteiger partial charge in [-0.25, -0.2) is 4.79 Å². The van der Waals surface area contributed by atoms with Crippen LogP contribution in [0.15, 0.2) is 88.3 Å². The van der Waals surface area contributed by atoms with E-state index in [1.807, 2.05) is 54.6 Å². The number of hydrogen-bond acceptors (Lipinski definition) is 5. The number of nitrogens with zero attached hydrogens (tertiary/aromatic N) is 1. The number of ether oxygens (including phenoxy) is 2. The number of hydrogen-bond donors (Lipinski definition) is 1. The minimum absolute atomic E-state index is 0.256. The molecule has 0 radical (unpaired) electrons. The van der Waals surface area contributed by atoms with Crippen LogP contribution in [-0.2, 0) is 0 Å². The maximum Gasteiger partial charge on any atom is 0.335 e. The molecular weight excluding hydrogens is 406 g/mol. The number of furan rings is 1. The molecule has 0 unspecified atom stereocenters. The fourth-order valence-corrected chi connectivity index (χ4v) is 3.10. The van der Waals surface area contributed by atoms with Crippen LogP contribution in [-0.4, -0.2) is 24.4 Å². The molecule has 0 spiro atoms. The van der Waals surface area contributed by atoms with Crippen molar-refractivity contribution in [3.63, 3.8) is 0 Å². The van der Waals surface area contributed by atoms with Crippen LogP contribution in [0.1, 0.15) is 21.7 Å². The van der Waals surface area contributed by atoms with Crippen LogP contribution in [0.4, 0.5) is 5.69 Å². The Morgan fingerprint density at radius 3 is 2.22 bits per heavy atom. The Labute approximate surface area is 185 Å². The van der Waals surface area contributed by atoms with Crippen LogP contribution in [0, 0.1) is 6.92 Å². The molecule has 1 N–H and O–H groups in total. The summed E-state index contributed by atoms with van der Waals surface area (Å²) in [6, 6.07) is 23.5. The molecule has 0 atom stereocenters. The molecule has 32 heavy (non-hydrogen) atoms. The minimum atomic E-state index is -0.961. The van der Waals surface area contributed by atoms with Crippen LogP contribution in [0.3, 0.4) is 0 Å². The summed E-state index contributed by atoms with van der Waals surface area (Å²) >= 11 is 0. The average molecular weight is 427 g/mol. The summed E-state index contributed by atoms with van der Waals surface area (Å²) in [6.07, 6.45) is 1.62. The predicted octanol–water partition coefficient (Wildman–Crippen LogP) is 6.50. The molecule has 160 valence electrons. The number of benzene rings is 3. The van der Waals surface area contributed by atoms with E-state index in [1.165, 1.54) is 0 Å². The summed E-state index contributed by atoms with van der Waals surface area (Å²) in [4.78, 5) is 15.8. The second-order valence-corrected chi connectivity index (χ2v) is 7.07. The van der Waals surface area contributed by atoms with Crippen LogP contribution in [0.5, 0.6) is 17.2 Å². The van der Waals surface area contributed by atoms with Crippen molar-refractivity contribution in [3.8, 4) is 28.6 Å². The zero-order chi connectivity index (χ0) is 22.5. The van der Waals surface area contributed by atoms with E-state index < -0.39 is 5.97 Å². The third-order valence-electron chi connectivity index (χ3n) is 4.85. The van der Waals surface area contributed by atoms with Gasteiger partial charge in [-0.1, -0.05) is 12.1 Å². The first-order valence-corrected chi connectivity index (χ1v) is 9.92. The number of carboxylic acids is 1. The predicted molar refractivity (Wildman–Crippen MR) is 123 cm³/mol. The molecule has 0 bridgehead atoms. The summed E-state index contributed by atoms with van der Waals surface area (Å²) < 4.78 is 16.8. The molecule has 0 saturated carbocycles. The van der Waals surface area contributed by atoms with Gasteiger partial charge in [-0.15, -0.1) is 0 Å². The molecule has 0 aliphatic carbocycles. The van der Waals surface area contributed by atoms with E-state index in [1.54, 1.807) is 44.5 Å². The van der Waals surface area contributed by atoms with Gasteiger partial charge in [0.1, 0.15) is 28.8 Å². The highest BCUT2D eigenvalue weighted by Crippen LogP contribution is 2.27. The van der Waals surface area contributed by atoms with E-state index in [-0.39, 0.29) is 5.56 Å². The van der Waals surface area contributed by atoms with E-state index in [0.717, 1.165) is 11.4 Å². The largest absolute Gasteiger partial charge is 0.497 e. The Hall–Kier alpha value is -4.32. The molecule has 0 aliphatic rings. The summed E-state index contributed by atoms with van der Waals surface area (Å²) in [6.45, 7) is 1.76. The normalized spacial score (nSPS) is 10.9. The Morgan fingerprint density at radius 1 is 0.906 bits per heavy atom. The van der Waals surface area contributed by atoms with Gasteiger partial charge >= 0.3 is 5.97 Å². The second kappa shape index (κ2) is 9.22. The zero-order valence-electron chi connectivity index (χ0n) is 17.6. The summed E-state index contributed by atoms with van der Waals surface area (Å²) in [7, 11) is 1.62. The number of carbonyl (C=O) groups is 1. The van der Waals surface area contributed by atoms with Gasteiger partial charge in [0, 0.05) is 5.56 Å². The Bertz CT molecular complexity index is 1250. The first-order chi connectivity index (χ1) is 15.5. The highest BCUT2D eigenvalue weighted by Gasteiger charge is 2.11. The first kappa shape index (κ1) is 20.9. The maximum atomic E-state index is 11.4. The fraction of sp³-hybridized carbons (Fsp3) is 0.0769. The maximum absolute atomic E-state index is 11.4. The van der Waals surface area contributed by atoms with E-state index in [9.17, 15) is 9.90 Å². The van der Waals surface area contributed by atoms with Gasteiger partial charge < -0.3 is 19.0 Å². The van der Waals surface area contributed by atoms with Crippen LogP contribution in [0.2, 0.25) is 0 Å². The monoisotopic (exact) mass is 427 g/mol. The van der Waals surface area contributed by atoms with E-state index in [0.29, 0.717) is 34.1 Å². The molecule has 6 heteroatoms. The Kier molecular flexibility index (Phi) is 6.03. The van der Waals surface area contributed by atoms with Crippen molar-refractivity contribution in [2.75, 3.05) is 7.11 Å². The van der Waals surface area contributed by atoms with Crippen molar-refractivity contribution in [2.24, 2.45) is 4.99 Å². The topological polar surface area (TPSA) is 81.3 Å². The SMILES string of the molecule is COc1ccc(Oc2ccc(N=Cc3ccc(-c4ccc(C)c(C(=O)O)c4)o3)cc2)cc1. The second-order valence-electron chi connectivity index (χ2n) is 7.07. The smallest absolute Gasteiger partial charge is 0.335 e.